The van der Waals surface area contributed by atoms with Crippen molar-refractivity contribution < 1.29 is 14.3 Å². The van der Waals surface area contributed by atoms with E-state index in [2.05, 4.69) is 4.74 Å². The van der Waals surface area contributed by atoms with E-state index in [9.17, 15) is 9.59 Å². The van der Waals surface area contributed by atoms with E-state index < -0.39 is 5.97 Å². The minimum atomic E-state index is -0.399. The molecule has 0 spiro atoms. The standard InChI is InChI=1S/C11H10O3/c1-14-11(13)7-6-9-2-4-10(8-12)5-3-9/h2-8H,1H3. The Hall–Kier alpha value is -1.90. The van der Waals surface area contributed by atoms with E-state index in [1.165, 1.54) is 13.2 Å². The van der Waals surface area contributed by atoms with Crippen molar-refractivity contribution >= 4 is 18.3 Å². The van der Waals surface area contributed by atoms with E-state index in [0.717, 1.165) is 11.8 Å². The van der Waals surface area contributed by atoms with Crippen LogP contribution in [0.4, 0.5) is 0 Å². The van der Waals surface area contributed by atoms with Crippen molar-refractivity contribution in [2.45, 2.75) is 0 Å². The molecular weight excluding hydrogens is 180 g/mol. The first kappa shape index (κ1) is 10.2. The molecule has 1 rings (SSSR count). The first-order valence-electron chi connectivity index (χ1n) is 4.07. The molecule has 0 bridgehead atoms. The van der Waals surface area contributed by atoms with Gasteiger partial charge in [0, 0.05) is 11.6 Å². The van der Waals surface area contributed by atoms with Crippen LogP contribution in [0.3, 0.4) is 0 Å². The number of ether oxygens (including phenoxy) is 1. The maximum Gasteiger partial charge on any atom is 0.330 e. The van der Waals surface area contributed by atoms with Gasteiger partial charge in [0.1, 0.15) is 6.29 Å². The smallest absolute Gasteiger partial charge is 0.330 e. The molecule has 0 aliphatic rings. The molecule has 0 saturated carbocycles. The molecular formula is C11H10O3. The van der Waals surface area contributed by atoms with Crippen LogP contribution in [0.25, 0.3) is 6.08 Å². The van der Waals surface area contributed by atoms with Gasteiger partial charge >= 0.3 is 5.97 Å². The first-order chi connectivity index (χ1) is 6.76. The average Bonchev–Trinajstić information content (AvgIpc) is 2.26. The van der Waals surface area contributed by atoms with Crippen molar-refractivity contribution in [3.05, 3.63) is 41.5 Å². The van der Waals surface area contributed by atoms with Crippen LogP contribution >= 0.6 is 0 Å². The Labute approximate surface area is 82.0 Å². The van der Waals surface area contributed by atoms with Gasteiger partial charge in [0.05, 0.1) is 7.11 Å². The fraction of sp³-hybridized carbons (Fsp3) is 0.0909. The normalized spacial score (nSPS) is 10.1. The van der Waals surface area contributed by atoms with Crippen molar-refractivity contribution in [1.29, 1.82) is 0 Å². The first-order valence-corrected chi connectivity index (χ1v) is 4.07. The van der Waals surface area contributed by atoms with Crippen LogP contribution in [-0.2, 0) is 9.53 Å². The van der Waals surface area contributed by atoms with Gasteiger partial charge in [-0.3, -0.25) is 4.79 Å². The van der Waals surface area contributed by atoms with Crippen LogP contribution in [0.2, 0.25) is 0 Å². The Balaban J connectivity index is 2.73. The maximum absolute atomic E-state index is 10.7. The number of hydrogen-bond acceptors (Lipinski definition) is 3. The van der Waals surface area contributed by atoms with Crippen LogP contribution in [0, 0.1) is 0 Å². The lowest BCUT2D eigenvalue weighted by atomic mass is 10.1. The van der Waals surface area contributed by atoms with Crippen LogP contribution in [0.5, 0.6) is 0 Å². The lowest BCUT2D eigenvalue weighted by molar-refractivity contribution is -0.134. The summed E-state index contributed by atoms with van der Waals surface area (Å²) >= 11 is 0. The summed E-state index contributed by atoms with van der Waals surface area (Å²) in [5.74, 6) is -0.399. The Kier molecular flexibility index (Phi) is 3.61. The molecule has 0 saturated heterocycles. The van der Waals surface area contributed by atoms with Gasteiger partial charge < -0.3 is 4.74 Å². The molecule has 14 heavy (non-hydrogen) atoms. The molecule has 0 atom stereocenters. The molecule has 0 N–H and O–H groups in total. The number of carbonyl (C=O) groups excluding carboxylic acids is 2. The SMILES string of the molecule is COC(=O)C=Cc1ccc(C=O)cc1. The molecule has 0 fully saturated rings. The molecule has 72 valence electrons. The van der Waals surface area contributed by atoms with Gasteiger partial charge in [-0.15, -0.1) is 0 Å². The Morgan fingerprint density at radius 2 is 1.79 bits per heavy atom. The molecule has 0 aliphatic carbocycles. The van der Waals surface area contributed by atoms with Crippen molar-refractivity contribution in [2.24, 2.45) is 0 Å². The van der Waals surface area contributed by atoms with Crippen molar-refractivity contribution in [3.8, 4) is 0 Å². The molecule has 3 heteroatoms. The number of carbonyl (C=O) groups is 2. The van der Waals surface area contributed by atoms with Crippen LogP contribution in [0.15, 0.2) is 30.3 Å². The second-order valence-corrected chi connectivity index (χ2v) is 2.64. The van der Waals surface area contributed by atoms with Crippen LogP contribution in [-0.4, -0.2) is 19.4 Å². The van der Waals surface area contributed by atoms with Gasteiger partial charge in [-0.2, -0.15) is 0 Å². The van der Waals surface area contributed by atoms with E-state index in [1.807, 2.05) is 0 Å². The highest BCUT2D eigenvalue weighted by Crippen LogP contribution is 2.04. The molecule has 0 radical (unpaired) electrons. The van der Waals surface area contributed by atoms with Gasteiger partial charge in [-0.1, -0.05) is 24.3 Å². The zero-order chi connectivity index (χ0) is 10.4. The number of benzene rings is 1. The molecule has 1 aromatic rings. The van der Waals surface area contributed by atoms with Gasteiger partial charge in [-0.05, 0) is 11.6 Å². The van der Waals surface area contributed by atoms with Crippen molar-refractivity contribution in [2.75, 3.05) is 7.11 Å². The quantitative estimate of drug-likeness (QED) is 0.414. The summed E-state index contributed by atoms with van der Waals surface area (Å²) in [6, 6.07) is 6.88. The van der Waals surface area contributed by atoms with Gasteiger partial charge in [-0.25, -0.2) is 4.79 Å². The topological polar surface area (TPSA) is 43.4 Å². The van der Waals surface area contributed by atoms with Gasteiger partial charge in [0.15, 0.2) is 0 Å². The van der Waals surface area contributed by atoms with Crippen molar-refractivity contribution in [1.82, 2.24) is 0 Å². The molecule has 0 aliphatic heterocycles. The molecule has 0 amide bonds. The number of esters is 1. The van der Waals surface area contributed by atoms with Crippen LogP contribution in [0.1, 0.15) is 15.9 Å². The lowest BCUT2D eigenvalue weighted by Crippen LogP contribution is -1.93. The third kappa shape index (κ3) is 2.86. The van der Waals surface area contributed by atoms with Crippen molar-refractivity contribution in [3.63, 3.8) is 0 Å². The van der Waals surface area contributed by atoms with E-state index in [4.69, 9.17) is 0 Å². The number of methoxy groups -OCH3 is 1. The number of hydrogen-bond donors (Lipinski definition) is 0. The largest absolute Gasteiger partial charge is 0.466 e. The second kappa shape index (κ2) is 4.97. The summed E-state index contributed by atoms with van der Waals surface area (Å²) in [7, 11) is 1.32. The molecule has 1 aromatic carbocycles. The molecule has 0 heterocycles. The third-order valence-corrected chi connectivity index (χ3v) is 1.69. The fourth-order valence-corrected chi connectivity index (χ4v) is 0.918. The van der Waals surface area contributed by atoms with Crippen LogP contribution < -0.4 is 0 Å². The van der Waals surface area contributed by atoms with Gasteiger partial charge in [0.25, 0.3) is 0 Å². The minimum absolute atomic E-state index is 0.399. The fourth-order valence-electron chi connectivity index (χ4n) is 0.918. The Morgan fingerprint density at radius 1 is 1.21 bits per heavy atom. The predicted octanol–water partition coefficient (Wildman–Crippen LogP) is 1.69. The summed E-state index contributed by atoms with van der Waals surface area (Å²) in [5, 5.41) is 0. The van der Waals surface area contributed by atoms with E-state index in [-0.39, 0.29) is 0 Å². The molecule has 0 aromatic heterocycles. The Morgan fingerprint density at radius 3 is 2.29 bits per heavy atom. The third-order valence-electron chi connectivity index (χ3n) is 1.69. The van der Waals surface area contributed by atoms with E-state index >= 15 is 0 Å². The number of aldehydes is 1. The minimum Gasteiger partial charge on any atom is -0.466 e. The average molecular weight is 190 g/mol. The zero-order valence-corrected chi connectivity index (χ0v) is 7.77. The second-order valence-electron chi connectivity index (χ2n) is 2.64. The highest BCUT2D eigenvalue weighted by molar-refractivity contribution is 5.87. The molecule has 0 unspecified atom stereocenters. The summed E-state index contributed by atoms with van der Waals surface area (Å²) in [6.45, 7) is 0. The number of rotatable bonds is 3. The lowest BCUT2D eigenvalue weighted by Gasteiger charge is -1.93. The Bertz CT molecular complexity index is 349. The van der Waals surface area contributed by atoms with E-state index in [0.29, 0.717) is 5.56 Å². The zero-order valence-electron chi connectivity index (χ0n) is 7.77. The predicted molar refractivity (Wildman–Crippen MR) is 52.9 cm³/mol. The highest BCUT2D eigenvalue weighted by atomic mass is 16.5. The monoisotopic (exact) mass is 190 g/mol. The summed E-state index contributed by atoms with van der Waals surface area (Å²) in [4.78, 5) is 21.1. The summed E-state index contributed by atoms with van der Waals surface area (Å²) in [6.07, 6.45) is 3.73. The summed E-state index contributed by atoms with van der Waals surface area (Å²) < 4.78 is 4.43. The summed E-state index contributed by atoms with van der Waals surface area (Å²) in [5.41, 5.74) is 1.46. The highest BCUT2D eigenvalue weighted by Gasteiger charge is 1.92. The van der Waals surface area contributed by atoms with Gasteiger partial charge in [0.2, 0.25) is 0 Å². The maximum atomic E-state index is 10.7. The van der Waals surface area contributed by atoms with E-state index in [1.54, 1.807) is 30.3 Å². The molecule has 3 nitrogen and oxygen atoms in total.